The average molecular weight is 469 g/mol. The molecular formula is C26H20N4O3S. The molecule has 34 heavy (non-hydrogen) atoms. The molecule has 2 aromatic heterocycles. The summed E-state index contributed by atoms with van der Waals surface area (Å²) < 4.78 is 6.53. The van der Waals surface area contributed by atoms with Crippen LogP contribution >= 0.6 is 11.3 Å². The number of fused-ring (bicyclic) bond motifs is 1. The normalized spacial score (nSPS) is 10.9. The largest absolute Gasteiger partial charge is 0.497 e. The number of thiazole rings is 1. The molecule has 0 aliphatic rings. The Hall–Kier alpha value is -4.30. The Morgan fingerprint density at radius 2 is 1.68 bits per heavy atom. The Morgan fingerprint density at radius 3 is 2.41 bits per heavy atom. The summed E-state index contributed by atoms with van der Waals surface area (Å²) in [5.74, 6) is 0.338. The zero-order valence-electron chi connectivity index (χ0n) is 18.3. The van der Waals surface area contributed by atoms with Gasteiger partial charge in [0, 0.05) is 16.3 Å². The number of rotatable bonds is 6. The number of amides is 1. The molecule has 0 aliphatic carbocycles. The summed E-state index contributed by atoms with van der Waals surface area (Å²) in [7, 11) is 1.62. The van der Waals surface area contributed by atoms with Crippen LogP contribution in [0, 0.1) is 0 Å². The van der Waals surface area contributed by atoms with Gasteiger partial charge >= 0.3 is 0 Å². The number of methoxy groups -OCH3 is 1. The van der Waals surface area contributed by atoms with E-state index in [2.05, 4.69) is 15.4 Å². The van der Waals surface area contributed by atoms with Gasteiger partial charge in [-0.1, -0.05) is 48.5 Å². The predicted molar refractivity (Wildman–Crippen MR) is 134 cm³/mol. The summed E-state index contributed by atoms with van der Waals surface area (Å²) in [6.45, 7) is 0.268. The molecule has 0 spiro atoms. The first-order chi connectivity index (χ1) is 16.6. The Balaban J connectivity index is 1.46. The molecule has 168 valence electrons. The van der Waals surface area contributed by atoms with E-state index in [9.17, 15) is 9.59 Å². The maximum Gasteiger partial charge on any atom is 0.278 e. The molecule has 0 fully saturated rings. The van der Waals surface area contributed by atoms with E-state index in [4.69, 9.17) is 4.74 Å². The van der Waals surface area contributed by atoms with Crippen LogP contribution in [0.3, 0.4) is 0 Å². The Labute approximate surface area is 199 Å². The summed E-state index contributed by atoms with van der Waals surface area (Å²) in [5, 5.41) is 10.5. The molecule has 3 aromatic carbocycles. The fourth-order valence-electron chi connectivity index (χ4n) is 3.65. The molecule has 0 bridgehead atoms. The smallest absolute Gasteiger partial charge is 0.278 e. The van der Waals surface area contributed by atoms with E-state index in [0.717, 1.165) is 22.6 Å². The minimum Gasteiger partial charge on any atom is -0.497 e. The molecular weight excluding hydrogens is 448 g/mol. The summed E-state index contributed by atoms with van der Waals surface area (Å²) in [4.78, 5) is 30.8. The fourth-order valence-corrected chi connectivity index (χ4v) is 4.36. The zero-order chi connectivity index (χ0) is 23.5. The van der Waals surface area contributed by atoms with Crippen molar-refractivity contribution in [2.24, 2.45) is 0 Å². The van der Waals surface area contributed by atoms with Crippen molar-refractivity contribution in [2.45, 2.75) is 6.54 Å². The lowest BCUT2D eigenvalue weighted by Gasteiger charge is -2.11. The van der Waals surface area contributed by atoms with Gasteiger partial charge in [0.25, 0.3) is 11.5 Å². The highest BCUT2D eigenvalue weighted by atomic mass is 32.1. The Morgan fingerprint density at radius 1 is 0.971 bits per heavy atom. The van der Waals surface area contributed by atoms with E-state index in [1.807, 2.05) is 60.0 Å². The first-order valence-corrected chi connectivity index (χ1v) is 11.5. The second kappa shape index (κ2) is 9.29. The Kier molecular flexibility index (Phi) is 5.88. The standard InChI is InChI=1S/C26H20N4O3S/c1-33-19-13-11-18(12-14-19)22-16-34-26(27-22)28-24(31)23-20-9-5-6-10-21(20)25(32)30(29-23)15-17-7-3-2-4-8-17/h2-14,16H,15H2,1H3,(H,27,28,31). The maximum atomic E-state index is 13.2. The number of hydrogen-bond acceptors (Lipinski definition) is 6. The van der Waals surface area contributed by atoms with Gasteiger partial charge in [-0.25, -0.2) is 9.67 Å². The van der Waals surface area contributed by atoms with Crippen LogP contribution in [-0.2, 0) is 6.54 Å². The quantitative estimate of drug-likeness (QED) is 0.386. The van der Waals surface area contributed by atoms with Crippen LogP contribution in [0.1, 0.15) is 16.1 Å². The van der Waals surface area contributed by atoms with E-state index in [1.165, 1.54) is 16.0 Å². The SMILES string of the molecule is COc1ccc(-c2csc(NC(=O)c3nn(Cc4ccccc4)c(=O)c4ccccc34)n2)cc1. The molecule has 1 N–H and O–H groups in total. The van der Waals surface area contributed by atoms with Crippen LogP contribution in [0.4, 0.5) is 5.13 Å². The second-order valence-electron chi connectivity index (χ2n) is 7.56. The second-order valence-corrected chi connectivity index (χ2v) is 8.42. The summed E-state index contributed by atoms with van der Waals surface area (Å²) >= 11 is 1.32. The highest BCUT2D eigenvalue weighted by Gasteiger charge is 2.18. The third-order valence-corrected chi connectivity index (χ3v) is 6.13. The highest BCUT2D eigenvalue weighted by Crippen LogP contribution is 2.27. The fraction of sp³-hybridized carbons (Fsp3) is 0.0769. The number of nitrogens with one attached hydrogen (secondary N) is 1. The minimum absolute atomic E-state index is 0.173. The van der Waals surface area contributed by atoms with Crippen LogP contribution < -0.4 is 15.6 Å². The van der Waals surface area contributed by atoms with Crippen molar-refractivity contribution in [1.29, 1.82) is 0 Å². The maximum absolute atomic E-state index is 13.2. The molecule has 0 radical (unpaired) electrons. The van der Waals surface area contributed by atoms with Crippen molar-refractivity contribution >= 4 is 33.1 Å². The lowest BCUT2D eigenvalue weighted by Crippen LogP contribution is -2.28. The van der Waals surface area contributed by atoms with Crippen molar-refractivity contribution in [1.82, 2.24) is 14.8 Å². The molecule has 0 saturated heterocycles. The van der Waals surface area contributed by atoms with Gasteiger partial charge in [-0.05, 0) is 35.9 Å². The molecule has 2 heterocycles. The van der Waals surface area contributed by atoms with Crippen molar-refractivity contribution in [2.75, 3.05) is 12.4 Å². The molecule has 0 saturated carbocycles. The number of carbonyl (C=O) groups excluding carboxylic acids is 1. The number of anilines is 1. The van der Waals surface area contributed by atoms with Crippen LogP contribution in [0.5, 0.6) is 5.75 Å². The van der Waals surface area contributed by atoms with E-state index < -0.39 is 5.91 Å². The van der Waals surface area contributed by atoms with Crippen LogP contribution in [-0.4, -0.2) is 27.8 Å². The molecule has 0 atom stereocenters. The van der Waals surface area contributed by atoms with Gasteiger partial charge in [-0.3, -0.25) is 14.9 Å². The van der Waals surface area contributed by atoms with Gasteiger partial charge in [0.2, 0.25) is 0 Å². The molecule has 1 amide bonds. The van der Waals surface area contributed by atoms with Gasteiger partial charge in [0.15, 0.2) is 10.8 Å². The van der Waals surface area contributed by atoms with Crippen molar-refractivity contribution in [3.05, 3.63) is 106 Å². The number of hydrogen-bond donors (Lipinski definition) is 1. The lowest BCUT2D eigenvalue weighted by atomic mass is 10.1. The summed E-state index contributed by atoms with van der Waals surface area (Å²) in [5.41, 5.74) is 2.51. The van der Waals surface area contributed by atoms with Gasteiger partial charge in [0.1, 0.15) is 5.75 Å². The molecule has 8 heteroatoms. The predicted octanol–water partition coefficient (Wildman–Crippen LogP) is 4.83. The molecule has 7 nitrogen and oxygen atoms in total. The monoisotopic (exact) mass is 468 g/mol. The van der Waals surface area contributed by atoms with Crippen molar-refractivity contribution < 1.29 is 9.53 Å². The minimum atomic E-state index is -0.423. The first kappa shape index (κ1) is 21.5. The lowest BCUT2D eigenvalue weighted by molar-refractivity contribution is 0.102. The number of benzene rings is 3. The molecule has 5 aromatic rings. The van der Waals surface area contributed by atoms with Crippen molar-refractivity contribution in [3.8, 4) is 17.0 Å². The number of carbonyl (C=O) groups is 1. The van der Waals surface area contributed by atoms with Crippen LogP contribution in [0.2, 0.25) is 0 Å². The van der Waals surface area contributed by atoms with Gasteiger partial charge in [-0.15, -0.1) is 11.3 Å². The average Bonchev–Trinajstić information content (AvgIpc) is 3.35. The van der Waals surface area contributed by atoms with Crippen LogP contribution in [0.15, 0.2) is 89.0 Å². The Bertz CT molecular complexity index is 1530. The third kappa shape index (κ3) is 4.31. The molecule has 0 unspecified atom stereocenters. The van der Waals surface area contributed by atoms with Crippen LogP contribution in [0.25, 0.3) is 22.0 Å². The number of nitrogens with zero attached hydrogens (tertiary/aromatic N) is 3. The molecule has 5 rings (SSSR count). The highest BCUT2D eigenvalue weighted by molar-refractivity contribution is 7.14. The van der Waals surface area contributed by atoms with E-state index in [0.29, 0.717) is 15.9 Å². The van der Waals surface area contributed by atoms with Gasteiger partial charge in [0.05, 0.1) is 24.7 Å². The first-order valence-electron chi connectivity index (χ1n) is 10.6. The summed E-state index contributed by atoms with van der Waals surface area (Å²) in [6.07, 6.45) is 0. The van der Waals surface area contributed by atoms with E-state index in [-0.39, 0.29) is 17.8 Å². The van der Waals surface area contributed by atoms with Crippen molar-refractivity contribution in [3.63, 3.8) is 0 Å². The topological polar surface area (TPSA) is 86.1 Å². The molecule has 0 aliphatic heterocycles. The number of ether oxygens (including phenoxy) is 1. The number of aromatic nitrogens is 3. The van der Waals surface area contributed by atoms with E-state index >= 15 is 0 Å². The van der Waals surface area contributed by atoms with Gasteiger partial charge in [-0.2, -0.15) is 5.10 Å². The summed E-state index contributed by atoms with van der Waals surface area (Å²) in [6, 6.07) is 24.1. The zero-order valence-corrected chi connectivity index (χ0v) is 19.1. The van der Waals surface area contributed by atoms with Gasteiger partial charge < -0.3 is 4.74 Å². The third-order valence-electron chi connectivity index (χ3n) is 5.37. The van der Waals surface area contributed by atoms with E-state index in [1.54, 1.807) is 31.4 Å².